The highest BCUT2D eigenvalue weighted by Crippen LogP contribution is 2.37. The number of nitrogens with zero attached hydrogens (tertiary/aromatic N) is 1. The van der Waals surface area contributed by atoms with Gasteiger partial charge in [-0.25, -0.2) is 0 Å². The van der Waals surface area contributed by atoms with E-state index in [1.54, 1.807) is 0 Å². The third-order valence-electron chi connectivity index (χ3n) is 1.61. The predicted molar refractivity (Wildman–Crippen MR) is 50.2 cm³/mol. The van der Waals surface area contributed by atoms with Crippen LogP contribution in [-0.4, -0.2) is 4.92 Å². The zero-order chi connectivity index (χ0) is 11.6. The van der Waals surface area contributed by atoms with Crippen molar-refractivity contribution in [3.05, 3.63) is 33.9 Å². The fourth-order valence-electron chi connectivity index (χ4n) is 0.956. The molecule has 1 rings (SSSR count). The Morgan fingerprint density at radius 2 is 1.94 bits per heavy atom. The maximum Gasteiger partial charge on any atom is 0.420 e. The van der Waals surface area contributed by atoms with Crippen LogP contribution in [0.15, 0.2) is 18.2 Å². The van der Waals surface area contributed by atoms with Crippen molar-refractivity contribution in [2.24, 2.45) is 5.90 Å². The van der Waals surface area contributed by atoms with Gasteiger partial charge in [0.05, 0.1) is 4.92 Å². The SMILES string of the molecule is Cl.NOc1ccc([N+](=O)[O-])cc1C(F)(F)F. The average molecular weight is 259 g/mol. The van der Waals surface area contributed by atoms with Crippen LogP contribution < -0.4 is 10.7 Å². The van der Waals surface area contributed by atoms with Gasteiger partial charge in [0, 0.05) is 12.1 Å². The summed E-state index contributed by atoms with van der Waals surface area (Å²) in [6.07, 6.45) is -4.75. The minimum absolute atomic E-state index is 0. The Kier molecular flexibility index (Phi) is 4.51. The van der Waals surface area contributed by atoms with Crippen molar-refractivity contribution in [1.82, 2.24) is 0 Å². The quantitative estimate of drug-likeness (QED) is 0.652. The summed E-state index contributed by atoms with van der Waals surface area (Å²) < 4.78 is 37.0. The lowest BCUT2D eigenvalue weighted by atomic mass is 10.1. The summed E-state index contributed by atoms with van der Waals surface area (Å²) in [5, 5.41) is 10.2. The van der Waals surface area contributed by atoms with Crippen molar-refractivity contribution >= 4 is 18.1 Å². The second-order valence-corrected chi connectivity index (χ2v) is 2.55. The minimum atomic E-state index is -4.75. The number of non-ortho nitro benzene ring substituents is 1. The first-order valence-electron chi connectivity index (χ1n) is 3.58. The van der Waals surface area contributed by atoms with E-state index in [-0.39, 0.29) is 12.4 Å². The summed E-state index contributed by atoms with van der Waals surface area (Å²) in [5.74, 6) is 3.94. The number of benzene rings is 1. The van der Waals surface area contributed by atoms with Crippen LogP contribution in [0.2, 0.25) is 0 Å². The predicted octanol–water partition coefficient (Wildman–Crippen LogP) is 2.29. The van der Waals surface area contributed by atoms with Crippen LogP contribution in [-0.2, 0) is 6.18 Å². The highest BCUT2D eigenvalue weighted by atomic mass is 35.5. The minimum Gasteiger partial charge on any atom is -0.411 e. The summed E-state index contributed by atoms with van der Waals surface area (Å²) in [4.78, 5) is 13.3. The smallest absolute Gasteiger partial charge is 0.411 e. The van der Waals surface area contributed by atoms with E-state index in [4.69, 9.17) is 0 Å². The van der Waals surface area contributed by atoms with Crippen molar-refractivity contribution in [2.75, 3.05) is 0 Å². The Hall–Kier alpha value is -1.54. The molecule has 0 atom stereocenters. The highest BCUT2D eigenvalue weighted by Gasteiger charge is 2.36. The monoisotopic (exact) mass is 258 g/mol. The molecule has 0 spiro atoms. The largest absolute Gasteiger partial charge is 0.420 e. The maximum absolute atomic E-state index is 12.3. The van der Waals surface area contributed by atoms with E-state index >= 15 is 0 Å². The molecule has 5 nitrogen and oxygen atoms in total. The van der Waals surface area contributed by atoms with E-state index in [0.717, 1.165) is 12.1 Å². The van der Waals surface area contributed by atoms with Gasteiger partial charge in [-0.15, -0.1) is 12.4 Å². The number of nitro benzene ring substituents is 1. The van der Waals surface area contributed by atoms with Crippen molar-refractivity contribution in [3.8, 4) is 5.75 Å². The first-order valence-corrected chi connectivity index (χ1v) is 3.58. The van der Waals surface area contributed by atoms with E-state index in [0.29, 0.717) is 6.07 Å². The number of halogens is 4. The van der Waals surface area contributed by atoms with Crippen LogP contribution in [0, 0.1) is 10.1 Å². The summed E-state index contributed by atoms with van der Waals surface area (Å²) in [7, 11) is 0. The third-order valence-corrected chi connectivity index (χ3v) is 1.61. The van der Waals surface area contributed by atoms with Gasteiger partial charge in [0.1, 0.15) is 5.56 Å². The van der Waals surface area contributed by atoms with Gasteiger partial charge in [0.15, 0.2) is 5.75 Å². The molecule has 0 aliphatic carbocycles. The van der Waals surface area contributed by atoms with Crippen molar-refractivity contribution in [1.29, 1.82) is 0 Å². The molecule has 1 aromatic rings. The standard InChI is InChI=1S/C7H5F3N2O3.ClH/c8-7(9,10)5-3-4(12(13)14)1-2-6(5)15-11;/h1-3H,11H2;1H. The van der Waals surface area contributed by atoms with Gasteiger partial charge in [-0.2, -0.15) is 19.1 Å². The third kappa shape index (κ3) is 2.97. The molecule has 16 heavy (non-hydrogen) atoms. The Morgan fingerprint density at radius 1 is 1.38 bits per heavy atom. The molecular formula is C7H6ClF3N2O3. The lowest BCUT2D eigenvalue weighted by Gasteiger charge is -2.10. The summed E-state index contributed by atoms with van der Waals surface area (Å²) in [6.45, 7) is 0. The van der Waals surface area contributed by atoms with Crippen LogP contribution in [0.5, 0.6) is 5.75 Å². The van der Waals surface area contributed by atoms with E-state index in [2.05, 4.69) is 10.7 Å². The Bertz CT molecular complexity index is 397. The molecule has 0 aromatic heterocycles. The molecule has 9 heteroatoms. The summed E-state index contributed by atoms with van der Waals surface area (Å²) in [6, 6.07) is 2.03. The lowest BCUT2D eigenvalue weighted by Crippen LogP contribution is -2.12. The second-order valence-electron chi connectivity index (χ2n) is 2.55. The highest BCUT2D eigenvalue weighted by molar-refractivity contribution is 5.85. The summed E-state index contributed by atoms with van der Waals surface area (Å²) in [5.41, 5.74) is -1.96. The lowest BCUT2D eigenvalue weighted by molar-refractivity contribution is -0.385. The number of hydrogen-bond acceptors (Lipinski definition) is 4. The van der Waals surface area contributed by atoms with Crippen LogP contribution in [0.3, 0.4) is 0 Å². The van der Waals surface area contributed by atoms with Gasteiger partial charge in [-0.05, 0) is 6.07 Å². The van der Waals surface area contributed by atoms with E-state index in [1.165, 1.54) is 0 Å². The number of nitro groups is 1. The molecule has 90 valence electrons. The maximum atomic E-state index is 12.3. The van der Waals surface area contributed by atoms with Crippen molar-refractivity contribution in [3.63, 3.8) is 0 Å². The molecule has 0 amide bonds. The number of rotatable bonds is 2. The zero-order valence-corrected chi connectivity index (χ0v) is 8.34. The molecular weight excluding hydrogens is 253 g/mol. The molecule has 0 unspecified atom stereocenters. The summed E-state index contributed by atoms with van der Waals surface area (Å²) >= 11 is 0. The first kappa shape index (κ1) is 14.5. The molecule has 0 radical (unpaired) electrons. The molecule has 0 aliphatic heterocycles. The molecule has 0 fully saturated rings. The normalized spacial score (nSPS) is 10.5. The number of hydrogen-bond donors (Lipinski definition) is 1. The fraction of sp³-hybridized carbons (Fsp3) is 0.143. The second kappa shape index (κ2) is 4.99. The topological polar surface area (TPSA) is 78.4 Å². The molecule has 0 saturated heterocycles. The van der Waals surface area contributed by atoms with Crippen molar-refractivity contribution in [2.45, 2.75) is 6.18 Å². The number of alkyl halides is 3. The molecule has 2 N–H and O–H groups in total. The van der Waals surface area contributed by atoms with Gasteiger partial charge < -0.3 is 4.84 Å². The van der Waals surface area contributed by atoms with Crippen LogP contribution >= 0.6 is 12.4 Å². The fourth-order valence-corrected chi connectivity index (χ4v) is 0.956. The van der Waals surface area contributed by atoms with Gasteiger partial charge >= 0.3 is 6.18 Å². The Balaban J connectivity index is 0.00000225. The average Bonchev–Trinajstić information content (AvgIpc) is 2.15. The molecule has 0 heterocycles. The van der Waals surface area contributed by atoms with Crippen LogP contribution in [0.4, 0.5) is 18.9 Å². The molecule has 0 aliphatic rings. The van der Waals surface area contributed by atoms with Gasteiger partial charge in [-0.3, -0.25) is 10.1 Å². The zero-order valence-electron chi connectivity index (χ0n) is 7.52. The van der Waals surface area contributed by atoms with Crippen LogP contribution in [0.25, 0.3) is 0 Å². The Labute approximate surface area is 93.5 Å². The van der Waals surface area contributed by atoms with E-state index in [9.17, 15) is 23.3 Å². The number of nitrogens with two attached hydrogens (primary N) is 1. The van der Waals surface area contributed by atoms with Crippen LogP contribution in [0.1, 0.15) is 5.56 Å². The van der Waals surface area contributed by atoms with E-state index < -0.39 is 28.1 Å². The van der Waals surface area contributed by atoms with Gasteiger partial charge in [0.25, 0.3) is 5.69 Å². The van der Waals surface area contributed by atoms with Crippen molar-refractivity contribution < 1.29 is 22.9 Å². The van der Waals surface area contributed by atoms with Gasteiger partial charge in [-0.1, -0.05) is 0 Å². The molecule has 0 bridgehead atoms. The molecule has 0 saturated carbocycles. The molecule has 1 aromatic carbocycles. The first-order chi connectivity index (χ1) is 6.86. The van der Waals surface area contributed by atoms with Gasteiger partial charge in [0.2, 0.25) is 0 Å². The Morgan fingerprint density at radius 3 is 2.31 bits per heavy atom. The van der Waals surface area contributed by atoms with E-state index in [1.807, 2.05) is 0 Å².